The van der Waals surface area contributed by atoms with Crippen LogP contribution in [0.15, 0.2) is 30.6 Å². The largest absolute Gasteiger partial charge is 0.471 e. The number of likely N-dealkylation sites (tertiary alicyclic amines) is 1. The highest BCUT2D eigenvalue weighted by molar-refractivity contribution is 6.33. The number of hydrogen-bond donors (Lipinski definition) is 1. The second-order valence-corrected chi connectivity index (χ2v) is 9.18. The number of nitrogens with one attached hydrogen (secondary N) is 1. The van der Waals surface area contributed by atoms with Gasteiger partial charge in [-0.1, -0.05) is 11.6 Å². The van der Waals surface area contributed by atoms with Crippen LogP contribution in [0, 0.1) is 17.2 Å². The summed E-state index contributed by atoms with van der Waals surface area (Å²) in [6.45, 7) is 6.93. The number of nitrogens with zero attached hydrogens (tertiary/aromatic N) is 4. The van der Waals surface area contributed by atoms with E-state index in [4.69, 9.17) is 31.1 Å². The summed E-state index contributed by atoms with van der Waals surface area (Å²) in [6.07, 6.45) is 0.563. The van der Waals surface area contributed by atoms with Gasteiger partial charge in [0, 0.05) is 18.5 Å². The average Bonchev–Trinajstić information content (AvgIpc) is 2.95. The summed E-state index contributed by atoms with van der Waals surface area (Å²) in [5, 5.41) is 12.5. The molecular weight excluding hydrogens is 434 g/mol. The monoisotopic (exact) mass is 457 g/mol. The second kappa shape index (κ2) is 8.81. The standard InChI is InChI=1S/C22H24ClN5O4/c1-22(2,3)32-21(29)28-9-14-11-30-17(10-28)20(14)31-19-7-18(25-12-26-19)27-16-5-4-13(8-24)6-15(16)23/h4-7,12,14,17,20H,9-11H2,1-3H3,(H,25,26,27). The Bertz CT molecular complexity index is 1040. The van der Waals surface area contributed by atoms with Gasteiger partial charge in [0.2, 0.25) is 5.88 Å². The van der Waals surface area contributed by atoms with Crippen molar-refractivity contribution in [3.63, 3.8) is 0 Å². The topological polar surface area (TPSA) is 110 Å². The zero-order chi connectivity index (χ0) is 22.9. The molecule has 1 N–H and O–H groups in total. The Morgan fingerprint density at radius 3 is 2.81 bits per heavy atom. The molecule has 1 amide bonds. The van der Waals surface area contributed by atoms with Crippen molar-refractivity contribution in [1.29, 1.82) is 5.26 Å². The first kappa shape index (κ1) is 22.1. The Labute approximate surface area is 191 Å². The zero-order valence-corrected chi connectivity index (χ0v) is 18.8. The molecule has 2 aliphatic rings. The van der Waals surface area contributed by atoms with Crippen molar-refractivity contribution in [2.75, 3.05) is 25.0 Å². The van der Waals surface area contributed by atoms with Gasteiger partial charge in [-0.2, -0.15) is 5.26 Å². The summed E-state index contributed by atoms with van der Waals surface area (Å²) >= 11 is 6.23. The molecule has 32 heavy (non-hydrogen) atoms. The SMILES string of the molecule is CC(C)(C)OC(=O)N1CC2COC(C1)C2Oc1cc(Nc2ccc(C#N)cc2Cl)ncn1. The fourth-order valence-electron chi connectivity index (χ4n) is 3.71. The zero-order valence-electron chi connectivity index (χ0n) is 18.0. The smallest absolute Gasteiger partial charge is 0.410 e. The van der Waals surface area contributed by atoms with Crippen molar-refractivity contribution in [2.24, 2.45) is 5.92 Å². The van der Waals surface area contributed by atoms with E-state index in [1.807, 2.05) is 26.8 Å². The number of piperidine rings is 1. The highest BCUT2D eigenvalue weighted by Gasteiger charge is 2.47. The number of amides is 1. The van der Waals surface area contributed by atoms with Crippen LogP contribution in [0.2, 0.25) is 5.02 Å². The molecule has 0 radical (unpaired) electrons. The molecule has 3 unspecified atom stereocenters. The Morgan fingerprint density at radius 1 is 1.31 bits per heavy atom. The van der Waals surface area contributed by atoms with E-state index in [0.717, 1.165) is 0 Å². The van der Waals surface area contributed by atoms with Crippen LogP contribution in [-0.4, -0.2) is 58.5 Å². The molecule has 2 bridgehead atoms. The summed E-state index contributed by atoms with van der Waals surface area (Å²) in [4.78, 5) is 22.5. The lowest BCUT2D eigenvalue weighted by Gasteiger charge is -2.36. The highest BCUT2D eigenvalue weighted by Crippen LogP contribution is 2.32. The Kier molecular flexibility index (Phi) is 6.09. The van der Waals surface area contributed by atoms with E-state index in [1.54, 1.807) is 29.2 Å². The van der Waals surface area contributed by atoms with Gasteiger partial charge >= 0.3 is 6.09 Å². The van der Waals surface area contributed by atoms with Crippen LogP contribution in [0.25, 0.3) is 0 Å². The molecule has 2 aliphatic heterocycles. The minimum absolute atomic E-state index is 0.0145. The number of fused-ring (bicyclic) bond motifs is 2. The lowest BCUT2D eigenvalue weighted by atomic mass is 9.96. The third kappa shape index (κ3) is 5.03. The number of hydrogen-bond acceptors (Lipinski definition) is 8. The van der Waals surface area contributed by atoms with Gasteiger partial charge in [0.1, 0.15) is 30.0 Å². The van der Waals surface area contributed by atoms with E-state index in [2.05, 4.69) is 15.3 Å². The van der Waals surface area contributed by atoms with E-state index in [1.165, 1.54) is 6.33 Å². The molecule has 3 heterocycles. The quantitative estimate of drug-likeness (QED) is 0.739. The van der Waals surface area contributed by atoms with E-state index in [9.17, 15) is 4.79 Å². The molecule has 2 aromatic rings. The van der Waals surface area contributed by atoms with Crippen LogP contribution >= 0.6 is 11.6 Å². The number of rotatable bonds is 4. The van der Waals surface area contributed by atoms with Crippen LogP contribution in [0.3, 0.4) is 0 Å². The van der Waals surface area contributed by atoms with E-state index >= 15 is 0 Å². The molecule has 2 saturated heterocycles. The summed E-state index contributed by atoms with van der Waals surface area (Å²) in [5.74, 6) is 0.908. The molecule has 4 rings (SSSR count). The van der Waals surface area contributed by atoms with E-state index < -0.39 is 5.60 Å². The first-order chi connectivity index (χ1) is 15.2. The minimum atomic E-state index is -0.549. The van der Waals surface area contributed by atoms with Gasteiger partial charge in [0.05, 0.1) is 35.5 Å². The maximum atomic E-state index is 12.4. The number of ether oxygens (including phenoxy) is 3. The van der Waals surface area contributed by atoms with Crippen molar-refractivity contribution >= 4 is 29.2 Å². The number of anilines is 2. The molecule has 0 saturated carbocycles. The fourth-order valence-corrected chi connectivity index (χ4v) is 3.94. The van der Waals surface area contributed by atoms with Gasteiger partial charge in [0.25, 0.3) is 0 Å². The highest BCUT2D eigenvalue weighted by atomic mass is 35.5. The molecule has 10 heteroatoms. The van der Waals surface area contributed by atoms with Crippen molar-refractivity contribution in [3.05, 3.63) is 41.2 Å². The first-order valence-corrected chi connectivity index (χ1v) is 10.6. The second-order valence-electron chi connectivity index (χ2n) is 8.77. The minimum Gasteiger partial charge on any atom is -0.471 e. The maximum absolute atomic E-state index is 12.4. The molecule has 9 nitrogen and oxygen atoms in total. The number of carbonyl (C=O) groups excluding carboxylic acids is 1. The molecule has 1 aromatic heterocycles. The van der Waals surface area contributed by atoms with Crippen LogP contribution in [0.5, 0.6) is 5.88 Å². The van der Waals surface area contributed by atoms with Gasteiger partial charge < -0.3 is 24.4 Å². The summed E-state index contributed by atoms with van der Waals surface area (Å²) in [5.41, 5.74) is 0.539. The Morgan fingerprint density at radius 2 is 2.12 bits per heavy atom. The number of benzene rings is 1. The van der Waals surface area contributed by atoms with Gasteiger partial charge in [-0.05, 0) is 39.0 Å². The van der Waals surface area contributed by atoms with Crippen LogP contribution < -0.4 is 10.1 Å². The molecule has 3 atom stereocenters. The number of nitriles is 1. The van der Waals surface area contributed by atoms with Crippen LogP contribution in [-0.2, 0) is 9.47 Å². The lowest BCUT2D eigenvalue weighted by molar-refractivity contribution is -0.0186. The molecular formula is C22H24ClN5O4. The van der Waals surface area contributed by atoms with Gasteiger partial charge in [-0.15, -0.1) is 0 Å². The molecule has 0 aliphatic carbocycles. The van der Waals surface area contributed by atoms with Crippen LogP contribution in [0.1, 0.15) is 26.3 Å². The van der Waals surface area contributed by atoms with Crippen molar-refractivity contribution in [1.82, 2.24) is 14.9 Å². The van der Waals surface area contributed by atoms with Gasteiger partial charge in [-0.3, -0.25) is 0 Å². The third-order valence-corrected chi connectivity index (χ3v) is 5.43. The lowest BCUT2D eigenvalue weighted by Crippen LogP contribution is -2.53. The number of aromatic nitrogens is 2. The first-order valence-electron chi connectivity index (χ1n) is 10.3. The number of halogens is 1. The third-order valence-electron chi connectivity index (χ3n) is 5.12. The molecule has 0 spiro atoms. The Balaban J connectivity index is 1.41. The summed E-state index contributed by atoms with van der Waals surface area (Å²) in [7, 11) is 0. The predicted molar refractivity (Wildman–Crippen MR) is 117 cm³/mol. The Hall–Kier alpha value is -3.09. The van der Waals surface area contributed by atoms with Crippen LogP contribution in [0.4, 0.5) is 16.3 Å². The van der Waals surface area contributed by atoms with Crippen molar-refractivity contribution in [3.8, 4) is 11.9 Å². The predicted octanol–water partition coefficient (Wildman–Crippen LogP) is 3.76. The maximum Gasteiger partial charge on any atom is 0.410 e. The van der Waals surface area contributed by atoms with Gasteiger partial charge in [-0.25, -0.2) is 14.8 Å². The van der Waals surface area contributed by atoms with E-state index in [-0.39, 0.29) is 24.2 Å². The number of carbonyl (C=O) groups is 1. The average molecular weight is 458 g/mol. The summed E-state index contributed by atoms with van der Waals surface area (Å²) in [6, 6.07) is 8.68. The summed E-state index contributed by atoms with van der Waals surface area (Å²) < 4.78 is 17.5. The van der Waals surface area contributed by atoms with Crippen molar-refractivity contribution < 1.29 is 19.0 Å². The van der Waals surface area contributed by atoms with Crippen molar-refractivity contribution in [2.45, 2.75) is 38.6 Å². The normalized spacial score (nSPS) is 22.2. The fraction of sp³-hybridized carbons (Fsp3) is 0.455. The van der Waals surface area contributed by atoms with E-state index in [0.29, 0.717) is 47.7 Å². The molecule has 2 fully saturated rings. The van der Waals surface area contributed by atoms with Gasteiger partial charge in [0.15, 0.2) is 0 Å². The molecule has 1 aromatic carbocycles. The molecule has 168 valence electrons.